The van der Waals surface area contributed by atoms with Gasteiger partial charge < -0.3 is 33.2 Å². The quantitative estimate of drug-likeness (QED) is 0.0316. The fourth-order valence-corrected chi connectivity index (χ4v) is 6.34. The van der Waals surface area contributed by atoms with Crippen molar-refractivity contribution in [2.45, 2.75) is 90.9 Å². The predicted molar refractivity (Wildman–Crippen MR) is 236 cm³/mol. The second-order valence-corrected chi connectivity index (χ2v) is 14.7. The van der Waals surface area contributed by atoms with Crippen molar-refractivity contribution in [3.63, 3.8) is 0 Å². The van der Waals surface area contributed by atoms with E-state index in [1.165, 1.54) is 119 Å². The number of esters is 4. The van der Waals surface area contributed by atoms with Crippen LogP contribution in [0.4, 0.5) is 0 Å². The lowest BCUT2D eigenvalue weighted by molar-refractivity contribution is 0.0721. The Bertz CT molecular complexity index is 2180. The lowest BCUT2D eigenvalue weighted by atomic mass is 10.1. The molecule has 0 radical (unpaired) electrons. The van der Waals surface area contributed by atoms with Crippen LogP contribution >= 0.6 is 0 Å². The van der Waals surface area contributed by atoms with E-state index in [9.17, 15) is 19.2 Å². The molecule has 5 aromatic rings. The van der Waals surface area contributed by atoms with Gasteiger partial charge in [0.25, 0.3) is 0 Å². The van der Waals surface area contributed by atoms with Crippen LogP contribution in [0.5, 0.6) is 40.2 Å². The molecule has 0 amide bonds. The summed E-state index contributed by atoms with van der Waals surface area (Å²) in [6.07, 6.45) is 14.1. The van der Waals surface area contributed by atoms with E-state index < -0.39 is 23.9 Å². The summed E-state index contributed by atoms with van der Waals surface area (Å²) in [5, 5.41) is 0. The maximum atomic E-state index is 13.2. The van der Waals surface area contributed by atoms with E-state index in [0.29, 0.717) is 35.8 Å². The maximum Gasteiger partial charge on any atom is 0.347 e. The Hall–Kier alpha value is -6.62. The maximum absolute atomic E-state index is 13.2. The van der Waals surface area contributed by atoms with Crippen molar-refractivity contribution in [2.24, 2.45) is 0 Å². The molecule has 0 atom stereocenters. The van der Waals surface area contributed by atoms with Crippen molar-refractivity contribution in [2.75, 3.05) is 20.3 Å². The Morgan fingerprint density at radius 1 is 0.387 bits per heavy atom. The standard InChI is InChI=1S/C51H56O11/c1-4-6-8-10-12-14-33-57-40-25-19-37(20-26-40)48(52)59-42-29-23-39(24-30-42)49(53)60-43-17-16-18-44(35-43)62-51(55)46-32-31-45(36-47(46)56-3)61-50(54)38-21-27-41(28-22-38)58-34-15-13-11-9-7-5-2/h16-32,35-36H,4-15,33-34H2,1-3H3. The van der Waals surface area contributed by atoms with Gasteiger partial charge in [-0.15, -0.1) is 0 Å². The first-order chi connectivity index (χ1) is 30.3. The topological polar surface area (TPSA) is 133 Å². The zero-order valence-electron chi connectivity index (χ0n) is 35.9. The number of methoxy groups -OCH3 is 1. The first-order valence-electron chi connectivity index (χ1n) is 21.5. The number of rotatable bonds is 25. The van der Waals surface area contributed by atoms with Gasteiger partial charge in [-0.3, -0.25) is 0 Å². The van der Waals surface area contributed by atoms with Crippen LogP contribution in [0.2, 0.25) is 0 Å². The molecule has 11 heteroatoms. The number of hydrogen-bond donors (Lipinski definition) is 0. The van der Waals surface area contributed by atoms with Crippen LogP contribution in [0, 0.1) is 0 Å². The fraction of sp³-hybridized carbons (Fsp3) is 0.333. The molecule has 0 saturated heterocycles. The number of ether oxygens (including phenoxy) is 7. The highest BCUT2D eigenvalue weighted by molar-refractivity contribution is 5.95. The molecule has 0 saturated carbocycles. The van der Waals surface area contributed by atoms with Gasteiger partial charge in [-0.2, -0.15) is 0 Å². The van der Waals surface area contributed by atoms with E-state index in [-0.39, 0.29) is 39.9 Å². The molecule has 0 aromatic heterocycles. The van der Waals surface area contributed by atoms with Gasteiger partial charge in [0.2, 0.25) is 0 Å². The summed E-state index contributed by atoms with van der Waals surface area (Å²) in [4.78, 5) is 51.8. The van der Waals surface area contributed by atoms with Crippen LogP contribution in [-0.4, -0.2) is 44.2 Å². The minimum atomic E-state index is -0.752. The first-order valence-corrected chi connectivity index (χ1v) is 21.5. The van der Waals surface area contributed by atoms with Gasteiger partial charge in [0.15, 0.2) is 0 Å². The molecular weight excluding hydrogens is 789 g/mol. The predicted octanol–water partition coefficient (Wildman–Crippen LogP) is 12.1. The molecule has 11 nitrogen and oxygen atoms in total. The SMILES string of the molecule is CCCCCCCCOc1ccc(C(=O)Oc2ccc(C(=O)Oc3cccc(OC(=O)c4ccc(OC(=O)c5ccc(OCCCCCCCC)cc5)cc4OC)c3)cc2)cc1. The minimum Gasteiger partial charge on any atom is -0.496 e. The Labute approximate surface area is 364 Å². The summed E-state index contributed by atoms with van der Waals surface area (Å²) in [7, 11) is 1.38. The third kappa shape index (κ3) is 15.1. The highest BCUT2D eigenvalue weighted by Crippen LogP contribution is 2.29. The lowest BCUT2D eigenvalue weighted by Crippen LogP contribution is -2.12. The number of benzene rings is 5. The van der Waals surface area contributed by atoms with Crippen molar-refractivity contribution < 1.29 is 52.3 Å². The Morgan fingerprint density at radius 3 is 1.21 bits per heavy atom. The highest BCUT2D eigenvalue weighted by atomic mass is 16.6. The van der Waals surface area contributed by atoms with Gasteiger partial charge in [0, 0.05) is 12.1 Å². The molecule has 0 fully saturated rings. The third-order valence-corrected chi connectivity index (χ3v) is 9.84. The molecular formula is C51H56O11. The van der Waals surface area contributed by atoms with E-state index in [4.69, 9.17) is 33.2 Å². The summed E-state index contributed by atoms with van der Waals surface area (Å²) in [6.45, 7) is 5.65. The van der Waals surface area contributed by atoms with Crippen LogP contribution < -0.4 is 33.2 Å². The molecule has 5 aromatic carbocycles. The van der Waals surface area contributed by atoms with Gasteiger partial charge in [-0.1, -0.05) is 84.1 Å². The summed E-state index contributed by atoms with van der Waals surface area (Å²) >= 11 is 0. The van der Waals surface area contributed by atoms with Crippen molar-refractivity contribution in [1.82, 2.24) is 0 Å². The number of carbonyl (C=O) groups excluding carboxylic acids is 4. The monoisotopic (exact) mass is 844 g/mol. The zero-order chi connectivity index (χ0) is 43.9. The van der Waals surface area contributed by atoms with Crippen molar-refractivity contribution in [1.29, 1.82) is 0 Å². The van der Waals surface area contributed by atoms with E-state index in [1.54, 1.807) is 54.6 Å². The first kappa shape index (κ1) is 46.4. The highest BCUT2D eigenvalue weighted by Gasteiger charge is 2.19. The smallest absolute Gasteiger partial charge is 0.347 e. The average Bonchev–Trinajstić information content (AvgIpc) is 3.29. The lowest BCUT2D eigenvalue weighted by Gasteiger charge is -2.12. The number of hydrogen-bond acceptors (Lipinski definition) is 11. The number of unbranched alkanes of at least 4 members (excludes halogenated alkanes) is 10. The fourth-order valence-electron chi connectivity index (χ4n) is 6.34. The molecule has 62 heavy (non-hydrogen) atoms. The van der Waals surface area contributed by atoms with Crippen molar-refractivity contribution in [3.05, 3.63) is 138 Å². The Morgan fingerprint density at radius 2 is 0.758 bits per heavy atom. The molecule has 326 valence electrons. The van der Waals surface area contributed by atoms with Gasteiger partial charge in [0.1, 0.15) is 45.8 Å². The van der Waals surface area contributed by atoms with Crippen LogP contribution in [-0.2, 0) is 0 Å². The molecule has 0 unspecified atom stereocenters. The molecule has 0 aliphatic carbocycles. The van der Waals surface area contributed by atoms with Crippen LogP contribution in [0.25, 0.3) is 0 Å². The molecule has 0 bridgehead atoms. The molecule has 0 aliphatic heterocycles. The van der Waals surface area contributed by atoms with Crippen molar-refractivity contribution >= 4 is 23.9 Å². The van der Waals surface area contributed by atoms with E-state index in [0.717, 1.165) is 25.7 Å². The van der Waals surface area contributed by atoms with E-state index in [2.05, 4.69) is 13.8 Å². The van der Waals surface area contributed by atoms with Crippen molar-refractivity contribution in [3.8, 4) is 40.2 Å². The molecule has 0 spiro atoms. The van der Waals surface area contributed by atoms with Crippen LogP contribution in [0.3, 0.4) is 0 Å². The van der Waals surface area contributed by atoms with Crippen LogP contribution in [0.15, 0.2) is 115 Å². The normalized spacial score (nSPS) is 10.7. The molecule has 0 aliphatic rings. The second kappa shape index (κ2) is 25.2. The van der Waals surface area contributed by atoms with Gasteiger partial charge in [-0.25, -0.2) is 19.2 Å². The van der Waals surface area contributed by atoms with Crippen LogP contribution in [0.1, 0.15) is 132 Å². The largest absolute Gasteiger partial charge is 0.496 e. The summed E-state index contributed by atoms with van der Waals surface area (Å²) in [5.74, 6) is -0.421. The summed E-state index contributed by atoms with van der Waals surface area (Å²) < 4.78 is 39.2. The van der Waals surface area contributed by atoms with E-state index >= 15 is 0 Å². The third-order valence-electron chi connectivity index (χ3n) is 9.84. The number of carbonyl (C=O) groups is 4. The minimum absolute atomic E-state index is 0.0761. The Kier molecular flexibility index (Phi) is 18.9. The summed E-state index contributed by atoms with van der Waals surface area (Å²) in [6, 6.07) is 29.8. The molecule has 5 rings (SSSR count). The average molecular weight is 845 g/mol. The summed E-state index contributed by atoms with van der Waals surface area (Å²) in [5.41, 5.74) is 0.973. The van der Waals surface area contributed by atoms with Gasteiger partial charge in [0.05, 0.1) is 37.0 Å². The molecule has 0 heterocycles. The van der Waals surface area contributed by atoms with Gasteiger partial charge >= 0.3 is 23.9 Å². The Balaban J connectivity index is 1.07. The van der Waals surface area contributed by atoms with E-state index in [1.807, 2.05) is 0 Å². The molecule has 0 N–H and O–H groups in total. The van der Waals surface area contributed by atoms with Gasteiger partial charge in [-0.05, 0) is 110 Å². The zero-order valence-corrected chi connectivity index (χ0v) is 35.9. The second-order valence-electron chi connectivity index (χ2n) is 14.7.